The zero-order chi connectivity index (χ0) is 11.6. The molecule has 1 fully saturated rings. The molecule has 0 aromatic rings. The highest BCUT2D eigenvalue weighted by Crippen LogP contribution is 2.40. The molecule has 0 aromatic heterocycles. The second-order valence-corrected chi connectivity index (χ2v) is 6.46. The lowest BCUT2D eigenvalue weighted by Crippen LogP contribution is -2.39. The summed E-state index contributed by atoms with van der Waals surface area (Å²) >= 11 is 0. The number of rotatable bonds is 3. The SMILES string of the molecule is CCC(C)(C)C(O)C1CC(C)CC(C)C1. The van der Waals surface area contributed by atoms with E-state index in [1.807, 2.05) is 0 Å². The summed E-state index contributed by atoms with van der Waals surface area (Å²) in [6.07, 6.45) is 4.72. The van der Waals surface area contributed by atoms with Crippen molar-refractivity contribution in [1.29, 1.82) is 0 Å². The van der Waals surface area contributed by atoms with Crippen molar-refractivity contribution in [2.24, 2.45) is 23.2 Å². The topological polar surface area (TPSA) is 20.2 Å². The fourth-order valence-corrected chi connectivity index (χ4v) is 3.11. The summed E-state index contributed by atoms with van der Waals surface area (Å²) in [6.45, 7) is 11.2. The second-order valence-electron chi connectivity index (χ2n) is 6.46. The predicted molar refractivity (Wildman–Crippen MR) is 65.7 cm³/mol. The van der Waals surface area contributed by atoms with E-state index in [9.17, 15) is 5.11 Å². The average Bonchev–Trinajstić information content (AvgIpc) is 2.15. The van der Waals surface area contributed by atoms with Crippen LogP contribution >= 0.6 is 0 Å². The zero-order valence-corrected chi connectivity index (χ0v) is 11.1. The van der Waals surface area contributed by atoms with Crippen LogP contribution in [0.15, 0.2) is 0 Å². The van der Waals surface area contributed by atoms with E-state index in [1.54, 1.807) is 0 Å². The Morgan fingerprint density at radius 2 is 1.60 bits per heavy atom. The minimum atomic E-state index is -0.118. The fourth-order valence-electron chi connectivity index (χ4n) is 3.11. The molecule has 1 saturated carbocycles. The van der Waals surface area contributed by atoms with Gasteiger partial charge in [-0.1, -0.05) is 34.6 Å². The Morgan fingerprint density at radius 1 is 1.13 bits per heavy atom. The van der Waals surface area contributed by atoms with Crippen LogP contribution in [0.2, 0.25) is 0 Å². The maximum Gasteiger partial charge on any atom is 0.0619 e. The molecule has 1 aliphatic carbocycles. The van der Waals surface area contributed by atoms with Gasteiger partial charge in [-0.2, -0.15) is 0 Å². The highest BCUT2D eigenvalue weighted by atomic mass is 16.3. The molecule has 3 unspecified atom stereocenters. The van der Waals surface area contributed by atoms with Crippen LogP contribution in [0.3, 0.4) is 0 Å². The third-order valence-corrected chi connectivity index (χ3v) is 4.37. The third kappa shape index (κ3) is 3.21. The first kappa shape index (κ1) is 13.0. The maximum absolute atomic E-state index is 10.4. The van der Waals surface area contributed by atoms with E-state index in [-0.39, 0.29) is 11.5 Å². The van der Waals surface area contributed by atoms with Crippen LogP contribution in [0.5, 0.6) is 0 Å². The molecule has 1 aliphatic rings. The molecule has 0 spiro atoms. The summed E-state index contributed by atoms with van der Waals surface area (Å²) in [4.78, 5) is 0. The Morgan fingerprint density at radius 3 is 2.00 bits per heavy atom. The monoisotopic (exact) mass is 212 g/mol. The Hall–Kier alpha value is -0.0400. The molecule has 1 nitrogen and oxygen atoms in total. The van der Waals surface area contributed by atoms with Gasteiger partial charge in [-0.3, -0.25) is 0 Å². The Bertz CT molecular complexity index is 188. The predicted octanol–water partition coefficient (Wildman–Crippen LogP) is 3.86. The molecule has 0 aromatic carbocycles. The third-order valence-electron chi connectivity index (χ3n) is 4.37. The van der Waals surface area contributed by atoms with Crippen LogP contribution in [-0.2, 0) is 0 Å². The van der Waals surface area contributed by atoms with E-state index in [0.29, 0.717) is 5.92 Å². The van der Waals surface area contributed by atoms with E-state index >= 15 is 0 Å². The summed E-state index contributed by atoms with van der Waals surface area (Å²) in [5.41, 5.74) is 0.0848. The van der Waals surface area contributed by atoms with Gasteiger partial charge in [-0.25, -0.2) is 0 Å². The van der Waals surface area contributed by atoms with Crippen molar-refractivity contribution in [1.82, 2.24) is 0 Å². The molecular formula is C14H28O. The molecule has 0 saturated heterocycles. The molecule has 0 aliphatic heterocycles. The highest BCUT2D eigenvalue weighted by Gasteiger charge is 2.36. The van der Waals surface area contributed by atoms with Crippen LogP contribution in [0, 0.1) is 23.2 Å². The molecule has 1 rings (SSSR count). The molecule has 0 radical (unpaired) electrons. The van der Waals surface area contributed by atoms with E-state index in [2.05, 4.69) is 34.6 Å². The van der Waals surface area contributed by atoms with Crippen molar-refractivity contribution in [2.45, 2.75) is 66.4 Å². The standard InChI is InChI=1S/C14H28O/c1-6-14(4,5)13(15)12-8-10(2)7-11(3)9-12/h10-13,15H,6-9H2,1-5H3. The lowest BCUT2D eigenvalue weighted by atomic mass is 9.68. The Balaban J connectivity index is 2.62. The lowest BCUT2D eigenvalue weighted by Gasteiger charge is -2.40. The fraction of sp³-hybridized carbons (Fsp3) is 1.00. The van der Waals surface area contributed by atoms with Crippen molar-refractivity contribution in [2.75, 3.05) is 0 Å². The van der Waals surface area contributed by atoms with Gasteiger partial charge in [0.2, 0.25) is 0 Å². The smallest absolute Gasteiger partial charge is 0.0619 e. The van der Waals surface area contributed by atoms with Gasteiger partial charge in [0.25, 0.3) is 0 Å². The van der Waals surface area contributed by atoms with Gasteiger partial charge in [0, 0.05) is 0 Å². The van der Waals surface area contributed by atoms with Crippen molar-refractivity contribution in [3.05, 3.63) is 0 Å². The van der Waals surface area contributed by atoms with E-state index < -0.39 is 0 Å². The van der Waals surface area contributed by atoms with E-state index in [1.165, 1.54) is 19.3 Å². The largest absolute Gasteiger partial charge is 0.392 e. The highest BCUT2D eigenvalue weighted by molar-refractivity contribution is 4.87. The van der Waals surface area contributed by atoms with Crippen LogP contribution in [0.4, 0.5) is 0 Å². The number of hydrogen-bond donors (Lipinski definition) is 1. The van der Waals surface area contributed by atoms with Crippen molar-refractivity contribution < 1.29 is 5.11 Å². The molecular weight excluding hydrogens is 184 g/mol. The Labute approximate surface area is 95.3 Å². The molecule has 1 heteroatoms. The van der Waals surface area contributed by atoms with Gasteiger partial charge in [0.05, 0.1) is 6.10 Å². The first-order chi connectivity index (χ1) is 6.86. The number of aliphatic hydroxyl groups excluding tert-OH is 1. The molecule has 0 heterocycles. The maximum atomic E-state index is 10.4. The van der Waals surface area contributed by atoms with Gasteiger partial charge < -0.3 is 5.11 Å². The first-order valence-electron chi connectivity index (χ1n) is 6.55. The minimum Gasteiger partial charge on any atom is -0.392 e. The van der Waals surface area contributed by atoms with Crippen molar-refractivity contribution in [3.63, 3.8) is 0 Å². The van der Waals surface area contributed by atoms with Crippen LogP contribution in [-0.4, -0.2) is 11.2 Å². The zero-order valence-electron chi connectivity index (χ0n) is 11.1. The molecule has 3 atom stereocenters. The number of hydrogen-bond acceptors (Lipinski definition) is 1. The van der Waals surface area contributed by atoms with E-state index in [0.717, 1.165) is 18.3 Å². The van der Waals surface area contributed by atoms with Crippen LogP contribution < -0.4 is 0 Å². The second kappa shape index (κ2) is 4.86. The van der Waals surface area contributed by atoms with Gasteiger partial charge in [-0.05, 0) is 48.9 Å². The van der Waals surface area contributed by atoms with Gasteiger partial charge in [0.15, 0.2) is 0 Å². The molecule has 1 N–H and O–H groups in total. The normalized spacial score (nSPS) is 35.2. The van der Waals surface area contributed by atoms with Crippen LogP contribution in [0.25, 0.3) is 0 Å². The Kier molecular flexibility index (Phi) is 4.22. The molecule has 0 bridgehead atoms. The summed E-state index contributed by atoms with van der Waals surface area (Å²) in [6, 6.07) is 0. The minimum absolute atomic E-state index is 0.0848. The van der Waals surface area contributed by atoms with Gasteiger partial charge in [0.1, 0.15) is 0 Å². The van der Waals surface area contributed by atoms with E-state index in [4.69, 9.17) is 0 Å². The van der Waals surface area contributed by atoms with Crippen molar-refractivity contribution in [3.8, 4) is 0 Å². The number of aliphatic hydroxyl groups is 1. The summed E-state index contributed by atoms with van der Waals surface area (Å²) < 4.78 is 0. The molecule has 0 amide bonds. The van der Waals surface area contributed by atoms with Gasteiger partial charge >= 0.3 is 0 Å². The lowest BCUT2D eigenvalue weighted by molar-refractivity contribution is -0.0282. The quantitative estimate of drug-likeness (QED) is 0.753. The summed E-state index contributed by atoms with van der Waals surface area (Å²) in [5.74, 6) is 2.11. The first-order valence-corrected chi connectivity index (χ1v) is 6.55. The molecule has 15 heavy (non-hydrogen) atoms. The summed E-state index contributed by atoms with van der Waals surface area (Å²) in [5, 5.41) is 10.4. The summed E-state index contributed by atoms with van der Waals surface area (Å²) in [7, 11) is 0. The van der Waals surface area contributed by atoms with Crippen molar-refractivity contribution >= 4 is 0 Å². The molecule has 90 valence electrons. The average molecular weight is 212 g/mol. The van der Waals surface area contributed by atoms with Gasteiger partial charge in [-0.15, -0.1) is 0 Å². The van der Waals surface area contributed by atoms with Crippen LogP contribution in [0.1, 0.15) is 60.3 Å².